The first-order valence-corrected chi connectivity index (χ1v) is 8.01. The van der Waals surface area contributed by atoms with Crippen molar-refractivity contribution in [2.75, 3.05) is 20.1 Å². The zero-order valence-corrected chi connectivity index (χ0v) is 13.4. The maximum absolute atomic E-state index is 11.9. The molecule has 0 aliphatic carbocycles. The second kappa shape index (κ2) is 5.76. The van der Waals surface area contributed by atoms with Gasteiger partial charge in [-0.1, -0.05) is 0 Å². The van der Waals surface area contributed by atoms with Gasteiger partial charge in [0.1, 0.15) is 5.52 Å². The van der Waals surface area contributed by atoms with E-state index in [2.05, 4.69) is 21.9 Å². The zero-order valence-electron chi connectivity index (χ0n) is 13.4. The highest BCUT2D eigenvalue weighted by atomic mass is 16.3. The number of aromatic amines is 1. The second-order valence-corrected chi connectivity index (χ2v) is 6.26. The van der Waals surface area contributed by atoms with E-state index in [1.54, 1.807) is 12.1 Å². The summed E-state index contributed by atoms with van der Waals surface area (Å²) in [6.45, 7) is 2.09. The van der Waals surface area contributed by atoms with Gasteiger partial charge in [0.2, 0.25) is 0 Å². The number of H-pyrrole nitrogens is 1. The standard InChI is InChI=1S/C17H18N4O3/c1-20-7-4-11(5-8-20)16-18-13-3-2-12(10-14(13)24-16)21-9-6-15(22)19-17(21)23/h2-3,6,9-11H,4-5,7-8H2,1H3,(H,19,22,23). The molecular weight excluding hydrogens is 308 g/mol. The number of piperidine rings is 1. The monoisotopic (exact) mass is 326 g/mol. The van der Waals surface area contributed by atoms with E-state index in [9.17, 15) is 9.59 Å². The molecule has 7 nitrogen and oxygen atoms in total. The number of nitrogens with one attached hydrogen (secondary N) is 1. The van der Waals surface area contributed by atoms with Gasteiger partial charge in [0, 0.05) is 24.2 Å². The molecular formula is C17H18N4O3. The van der Waals surface area contributed by atoms with Crippen LogP contribution in [0, 0.1) is 0 Å². The lowest BCUT2D eigenvalue weighted by Crippen LogP contribution is -2.29. The molecule has 3 heterocycles. The molecule has 0 saturated carbocycles. The van der Waals surface area contributed by atoms with Crippen molar-refractivity contribution < 1.29 is 4.42 Å². The minimum atomic E-state index is -0.475. The molecule has 2 aromatic heterocycles. The van der Waals surface area contributed by atoms with Gasteiger partial charge in [-0.2, -0.15) is 0 Å². The molecule has 1 aliphatic rings. The summed E-state index contributed by atoms with van der Waals surface area (Å²) >= 11 is 0. The summed E-state index contributed by atoms with van der Waals surface area (Å²) in [6.07, 6.45) is 3.53. The smallest absolute Gasteiger partial charge is 0.332 e. The Morgan fingerprint density at radius 1 is 1.21 bits per heavy atom. The maximum Gasteiger partial charge on any atom is 0.332 e. The fourth-order valence-corrected chi connectivity index (χ4v) is 3.13. The number of hydrogen-bond donors (Lipinski definition) is 1. The zero-order chi connectivity index (χ0) is 16.7. The van der Waals surface area contributed by atoms with Gasteiger partial charge in [-0.15, -0.1) is 0 Å². The molecule has 1 fully saturated rings. The molecule has 24 heavy (non-hydrogen) atoms. The number of benzene rings is 1. The molecule has 1 saturated heterocycles. The van der Waals surface area contributed by atoms with Crippen molar-refractivity contribution in [3.05, 3.63) is 57.2 Å². The van der Waals surface area contributed by atoms with Crippen LogP contribution in [0.1, 0.15) is 24.7 Å². The van der Waals surface area contributed by atoms with Crippen molar-refractivity contribution in [2.24, 2.45) is 0 Å². The Bertz CT molecular complexity index is 993. The summed E-state index contributed by atoms with van der Waals surface area (Å²) in [4.78, 5) is 32.3. The molecule has 1 aliphatic heterocycles. The first kappa shape index (κ1) is 14.9. The van der Waals surface area contributed by atoms with Gasteiger partial charge in [-0.3, -0.25) is 14.3 Å². The van der Waals surface area contributed by atoms with E-state index in [1.165, 1.54) is 16.8 Å². The van der Waals surface area contributed by atoms with Crippen LogP contribution in [0.2, 0.25) is 0 Å². The predicted molar refractivity (Wildman–Crippen MR) is 89.7 cm³/mol. The Balaban J connectivity index is 1.71. The minimum absolute atomic E-state index is 0.341. The lowest BCUT2D eigenvalue weighted by Gasteiger charge is -2.26. The Hall–Kier alpha value is -2.67. The van der Waals surface area contributed by atoms with E-state index in [1.807, 2.05) is 6.07 Å². The van der Waals surface area contributed by atoms with Crippen LogP contribution in [-0.4, -0.2) is 39.6 Å². The Morgan fingerprint density at radius 2 is 2.00 bits per heavy atom. The molecule has 1 aromatic carbocycles. The maximum atomic E-state index is 11.9. The average Bonchev–Trinajstić information content (AvgIpc) is 2.98. The third kappa shape index (κ3) is 2.67. The summed E-state index contributed by atoms with van der Waals surface area (Å²) in [5, 5.41) is 0. The van der Waals surface area contributed by atoms with Crippen LogP contribution in [0.3, 0.4) is 0 Å². The van der Waals surface area contributed by atoms with E-state index < -0.39 is 11.2 Å². The first-order chi connectivity index (χ1) is 11.6. The molecule has 0 atom stereocenters. The summed E-state index contributed by atoms with van der Waals surface area (Å²) in [5.41, 5.74) is 1.18. The van der Waals surface area contributed by atoms with Gasteiger partial charge in [0.25, 0.3) is 5.56 Å². The number of aromatic nitrogens is 3. The summed E-state index contributed by atoms with van der Waals surface area (Å²) in [5.74, 6) is 1.11. The van der Waals surface area contributed by atoms with Crippen molar-refractivity contribution in [1.82, 2.24) is 19.4 Å². The highest BCUT2D eigenvalue weighted by Gasteiger charge is 2.23. The lowest BCUT2D eigenvalue weighted by atomic mass is 9.97. The van der Waals surface area contributed by atoms with Crippen LogP contribution in [0.5, 0.6) is 0 Å². The molecule has 3 aromatic rings. The van der Waals surface area contributed by atoms with Crippen molar-refractivity contribution in [3.8, 4) is 5.69 Å². The first-order valence-electron chi connectivity index (χ1n) is 8.01. The molecule has 7 heteroatoms. The van der Waals surface area contributed by atoms with E-state index in [4.69, 9.17) is 4.42 Å². The van der Waals surface area contributed by atoms with Crippen LogP contribution >= 0.6 is 0 Å². The number of rotatable bonds is 2. The Morgan fingerprint density at radius 3 is 2.75 bits per heavy atom. The summed E-state index contributed by atoms with van der Waals surface area (Å²) < 4.78 is 7.33. The highest BCUT2D eigenvalue weighted by molar-refractivity contribution is 5.75. The van der Waals surface area contributed by atoms with Crippen LogP contribution in [-0.2, 0) is 0 Å². The van der Waals surface area contributed by atoms with E-state index in [0.29, 0.717) is 17.2 Å². The molecule has 0 radical (unpaired) electrons. The second-order valence-electron chi connectivity index (χ2n) is 6.26. The SMILES string of the molecule is CN1CCC(c2nc3ccc(-n4ccc(=O)[nH]c4=O)cc3o2)CC1. The number of nitrogens with zero attached hydrogens (tertiary/aromatic N) is 3. The summed E-state index contributed by atoms with van der Waals surface area (Å²) in [6, 6.07) is 6.73. The van der Waals surface area contributed by atoms with E-state index in [-0.39, 0.29) is 0 Å². The van der Waals surface area contributed by atoms with Gasteiger partial charge < -0.3 is 9.32 Å². The third-order valence-corrected chi connectivity index (χ3v) is 4.56. The molecule has 1 N–H and O–H groups in total. The van der Waals surface area contributed by atoms with Crippen LogP contribution < -0.4 is 11.2 Å². The van der Waals surface area contributed by atoms with Crippen LogP contribution in [0.4, 0.5) is 0 Å². The normalized spacial score (nSPS) is 16.7. The fraction of sp³-hybridized carbons (Fsp3) is 0.353. The fourth-order valence-electron chi connectivity index (χ4n) is 3.13. The Kier molecular flexibility index (Phi) is 3.57. The van der Waals surface area contributed by atoms with Crippen LogP contribution in [0.25, 0.3) is 16.8 Å². The topological polar surface area (TPSA) is 84.1 Å². The largest absolute Gasteiger partial charge is 0.440 e. The van der Waals surface area contributed by atoms with Crippen molar-refractivity contribution in [3.63, 3.8) is 0 Å². The molecule has 0 spiro atoms. The molecule has 0 amide bonds. The molecule has 0 bridgehead atoms. The third-order valence-electron chi connectivity index (χ3n) is 4.56. The number of oxazole rings is 1. The summed E-state index contributed by atoms with van der Waals surface area (Å²) in [7, 11) is 2.12. The average molecular weight is 326 g/mol. The lowest BCUT2D eigenvalue weighted by molar-refractivity contribution is 0.239. The molecule has 124 valence electrons. The van der Waals surface area contributed by atoms with Crippen molar-refractivity contribution in [2.45, 2.75) is 18.8 Å². The van der Waals surface area contributed by atoms with Gasteiger partial charge >= 0.3 is 5.69 Å². The molecule has 4 rings (SSSR count). The van der Waals surface area contributed by atoms with Gasteiger partial charge in [-0.25, -0.2) is 9.78 Å². The molecule has 0 unspecified atom stereocenters. The quantitative estimate of drug-likeness (QED) is 0.771. The van der Waals surface area contributed by atoms with Gasteiger partial charge in [0.05, 0.1) is 5.69 Å². The number of hydrogen-bond acceptors (Lipinski definition) is 5. The van der Waals surface area contributed by atoms with Gasteiger partial charge in [0.15, 0.2) is 11.5 Å². The van der Waals surface area contributed by atoms with Gasteiger partial charge in [-0.05, 0) is 45.1 Å². The van der Waals surface area contributed by atoms with Crippen molar-refractivity contribution in [1.29, 1.82) is 0 Å². The minimum Gasteiger partial charge on any atom is -0.440 e. The highest BCUT2D eigenvalue weighted by Crippen LogP contribution is 2.30. The number of likely N-dealkylation sites (tertiary alicyclic amines) is 1. The van der Waals surface area contributed by atoms with E-state index in [0.717, 1.165) is 37.3 Å². The van der Waals surface area contributed by atoms with E-state index >= 15 is 0 Å². The Labute approximate surface area is 137 Å². The predicted octanol–water partition coefficient (Wildman–Crippen LogP) is 1.48. The van der Waals surface area contributed by atoms with Crippen molar-refractivity contribution >= 4 is 11.1 Å². The van der Waals surface area contributed by atoms with Crippen LogP contribution in [0.15, 0.2) is 44.5 Å². The number of fused-ring (bicyclic) bond motifs is 1.